The van der Waals surface area contributed by atoms with Crippen molar-refractivity contribution in [3.8, 4) is 11.4 Å². The molecule has 0 bridgehead atoms. The first-order valence-electron chi connectivity index (χ1n) is 9.78. The number of hydrogen-bond donors (Lipinski definition) is 1. The summed E-state index contributed by atoms with van der Waals surface area (Å²) in [6.07, 6.45) is 8.53. The number of nitrogens with one attached hydrogen (secondary N) is 1. The molecule has 7 nitrogen and oxygen atoms in total. The molecule has 0 radical (unpaired) electrons. The van der Waals surface area contributed by atoms with Crippen molar-refractivity contribution in [2.24, 2.45) is 10.9 Å². The van der Waals surface area contributed by atoms with Gasteiger partial charge in [0.05, 0.1) is 11.9 Å². The number of carbonyl (C=O) groups is 1. The second kappa shape index (κ2) is 10.6. The minimum atomic E-state index is -0.00360. The molecule has 3 aromatic heterocycles. The first-order valence-corrected chi connectivity index (χ1v) is 10.7. The Morgan fingerprint density at radius 3 is 2.86 bits per heavy atom. The summed E-state index contributed by atoms with van der Waals surface area (Å²) in [5, 5.41) is 5.04. The Balaban J connectivity index is 1.74. The summed E-state index contributed by atoms with van der Waals surface area (Å²) in [4.78, 5) is 30.5. The van der Waals surface area contributed by atoms with Crippen molar-refractivity contribution >= 4 is 17.2 Å². The minimum Gasteiger partial charge on any atom is -0.356 e. The van der Waals surface area contributed by atoms with Crippen LogP contribution in [0.3, 0.4) is 0 Å². The van der Waals surface area contributed by atoms with Gasteiger partial charge in [0.15, 0.2) is 4.80 Å². The molecule has 0 atom stereocenters. The predicted octanol–water partition coefficient (Wildman–Crippen LogP) is 2.71. The average molecular weight is 411 g/mol. The van der Waals surface area contributed by atoms with E-state index in [1.807, 2.05) is 32.0 Å². The van der Waals surface area contributed by atoms with Crippen LogP contribution in [0.4, 0.5) is 0 Å². The Bertz CT molecular complexity index is 966. The fourth-order valence-electron chi connectivity index (χ4n) is 2.77. The van der Waals surface area contributed by atoms with Crippen LogP contribution in [0.2, 0.25) is 0 Å². The van der Waals surface area contributed by atoms with Crippen molar-refractivity contribution in [2.75, 3.05) is 13.1 Å². The molecule has 0 saturated carbocycles. The quantitative estimate of drug-likeness (QED) is 0.550. The number of carbonyl (C=O) groups excluding carboxylic acids is 1. The third kappa shape index (κ3) is 6.05. The van der Waals surface area contributed by atoms with E-state index in [0.717, 1.165) is 41.3 Å². The maximum Gasteiger partial charge on any atom is 0.222 e. The van der Waals surface area contributed by atoms with Gasteiger partial charge in [-0.3, -0.25) is 24.7 Å². The van der Waals surface area contributed by atoms with Gasteiger partial charge in [-0.2, -0.15) is 0 Å². The predicted molar refractivity (Wildman–Crippen MR) is 114 cm³/mol. The second-order valence-electron chi connectivity index (χ2n) is 6.90. The van der Waals surface area contributed by atoms with E-state index in [-0.39, 0.29) is 11.8 Å². The van der Waals surface area contributed by atoms with Crippen LogP contribution >= 0.6 is 11.3 Å². The molecule has 1 N–H and O–H groups in total. The first-order chi connectivity index (χ1) is 14.1. The van der Waals surface area contributed by atoms with Crippen LogP contribution in [0.5, 0.6) is 0 Å². The van der Waals surface area contributed by atoms with Crippen molar-refractivity contribution in [2.45, 2.75) is 33.2 Å². The molecule has 0 unspecified atom stereocenters. The number of rotatable bonds is 9. The van der Waals surface area contributed by atoms with Gasteiger partial charge in [0.25, 0.3) is 0 Å². The Morgan fingerprint density at radius 1 is 1.24 bits per heavy atom. The highest BCUT2D eigenvalue weighted by Gasteiger charge is 2.10. The average Bonchev–Trinajstić information content (AvgIpc) is 3.15. The number of aromatic nitrogens is 4. The highest BCUT2D eigenvalue weighted by molar-refractivity contribution is 7.07. The lowest BCUT2D eigenvalue weighted by Gasteiger charge is -2.10. The normalized spacial score (nSPS) is 11.8. The summed E-state index contributed by atoms with van der Waals surface area (Å²) < 4.78 is 2.16. The van der Waals surface area contributed by atoms with Gasteiger partial charge in [-0.25, -0.2) is 0 Å². The van der Waals surface area contributed by atoms with E-state index in [1.165, 1.54) is 0 Å². The van der Waals surface area contributed by atoms with E-state index in [0.29, 0.717) is 13.1 Å². The Labute approximate surface area is 174 Å². The molecular weight excluding hydrogens is 384 g/mol. The van der Waals surface area contributed by atoms with Gasteiger partial charge in [-0.1, -0.05) is 19.9 Å². The summed E-state index contributed by atoms with van der Waals surface area (Å²) in [5.41, 5.74) is 2.85. The van der Waals surface area contributed by atoms with Crippen molar-refractivity contribution in [1.29, 1.82) is 0 Å². The lowest BCUT2D eigenvalue weighted by molar-refractivity contribution is -0.123. The highest BCUT2D eigenvalue weighted by atomic mass is 32.1. The molecule has 3 heterocycles. The van der Waals surface area contributed by atoms with Crippen molar-refractivity contribution in [3.05, 3.63) is 58.9 Å². The van der Waals surface area contributed by atoms with Gasteiger partial charge in [-0.05, 0) is 18.6 Å². The molecule has 0 spiro atoms. The summed E-state index contributed by atoms with van der Waals surface area (Å²) in [6, 6.07) is 5.92. The second-order valence-corrected chi connectivity index (χ2v) is 7.73. The molecule has 0 fully saturated rings. The molecule has 0 aliphatic rings. The SMILES string of the molecule is CC(C)C(=O)NCCCn1c(-c2cnccn2)csc1=NCCc1ccccn1. The van der Waals surface area contributed by atoms with Crippen LogP contribution in [-0.2, 0) is 17.8 Å². The maximum absolute atomic E-state index is 11.8. The zero-order valence-electron chi connectivity index (χ0n) is 16.8. The van der Waals surface area contributed by atoms with Crippen LogP contribution in [0, 0.1) is 5.92 Å². The first kappa shape index (κ1) is 20.9. The van der Waals surface area contributed by atoms with Gasteiger partial charge >= 0.3 is 0 Å². The van der Waals surface area contributed by atoms with E-state index in [9.17, 15) is 4.79 Å². The van der Waals surface area contributed by atoms with Crippen molar-refractivity contribution < 1.29 is 4.79 Å². The minimum absolute atomic E-state index is 0.00360. The number of pyridine rings is 1. The molecule has 3 rings (SSSR count). The van der Waals surface area contributed by atoms with E-state index in [4.69, 9.17) is 4.99 Å². The zero-order valence-corrected chi connectivity index (χ0v) is 17.6. The van der Waals surface area contributed by atoms with Crippen LogP contribution in [0.15, 0.2) is 53.4 Å². The standard InChI is InChI=1S/C21H26N6OS/c1-16(2)20(28)25-9-5-13-27-19(18-14-22-11-12-24-18)15-29-21(27)26-10-7-17-6-3-4-8-23-17/h3-4,6,8,11-12,14-16H,5,7,9-10,13H2,1-2H3,(H,25,28). The van der Waals surface area contributed by atoms with E-state index in [2.05, 4.69) is 30.2 Å². The van der Waals surface area contributed by atoms with Gasteiger partial charge < -0.3 is 9.88 Å². The van der Waals surface area contributed by atoms with E-state index in [1.54, 1.807) is 36.1 Å². The molecule has 0 saturated heterocycles. The molecule has 152 valence electrons. The molecule has 0 aliphatic carbocycles. The summed E-state index contributed by atoms with van der Waals surface area (Å²) in [7, 11) is 0. The van der Waals surface area contributed by atoms with Gasteiger partial charge in [0.1, 0.15) is 5.69 Å². The lowest BCUT2D eigenvalue weighted by atomic mass is 10.2. The number of nitrogens with zero attached hydrogens (tertiary/aromatic N) is 5. The van der Waals surface area contributed by atoms with Crippen LogP contribution in [0.25, 0.3) is 11.4 Å². The molecule has 0 aromatic carbocycles. The maximum atomic E-state index is 11.8. The van der Waals surface area contributed by atoms with E-state index >= 15 is 0 Å². The summed E-state index contributed by atoms with van der Waals surface area (Å²) in [5.74, 6) is 0.0749. The Hall–Kier alpha value is -2.87. The molecule has 1 amide bonds. The van der Waals surface area contributed by atoms with Crippen LogP contribution < -0.4 is 10.1 Å². The topological polar surface area (TPSA) is 85.1 Å². The molecule has 0 aliphatic heterocycles. The Kier molecular flexibility index (Phi) is 7.63. The molecule has 8 heteroatoms. The zero-order chi connectivity index (χ0) is 20.5. The fourth-order valence-corrected chi connectivity index (χ4v) is 3.72. The fraction of sp³-hybridized carbons (Fsp3) is 0.381. The molecular formula is C21H26N6OS. The number of amides is 1. The highest BCUT2D eigenvalue weighted by Crippen LogP contribution is 2.16. The monoisotopic (exact) mass is 410 g/mol. The van der Waals surface area contributed by atoms with Crippen LogP contribution in [0.1, 0.15) is 26.0 Å². The van der Waals surface area contributed by atoms with Crippen molar-refractivity contribution in [3.63, 3.8) is 0 Å². The van der Waals surface area contributed by atoms with Crippen molar-refractivity contribution in [1.82, 2.24) is 24.8 Å². The van der Waals surface area contributed by atoms with Gasteiger partial charge in [0.2, 0.25) is 5.91 Å². The number of hydrogen-bond acceptors (Lipinski definition) is 6. The third-order valence-corrected chi connectivity index (χ3v) is 5.25. The number of thiazole rings is 1. The lowest BCUT2D eigenvalue weighted by Crippen LogP contribution is -2.29. The van der Waals surface area contributed by atoms with Gasteiger partial charge in [0, 0.05) is 61.6 Å². The summed E-state index contributed by atoms with van der Waals surface area (Å²) in [6.45, 7) is 5.84. The molecule has 29 heavy (non-hydrogen) atoms. The third-order valence-electron chi connectivity index (χ3n) is 4.35. The smallest absolute Gasteiger partial charge is 0.222 e. The van der Waals surface area contributed by atoms with E-state index < -0.39 is 0 Å². The van der Waals surface area contributed by atoms with Crippen LogP contribution in [-0.4, -0.2) is 38.5 Å². The van der Waals surface area contributed by atoms with Gasteiger partial charge in [-0.15, -0.1) is 11.3 Å². The largest absolute Gasteiger partial charge is 0.356 e. The summed E-state index contributed by atoms with van der Waals surface area (Å²) >= 11 is 1.60. The Morgan fingerprint density at radius 2 is 2.14 bits per heavy atom. The molecule has 3 aromatic rings.